The summed E-state index contributed by atoms with van der Waals surface area (Å²) in [6.45, 7) is 6.46. The molecular formula is C16H19N. The molecule has 1 nitrogen and oxygen atoms in total. The van der Waals surface area contributed by atoms with Gasteiger partial charge in [-0.25, -0.2) is 0 Å². The fraction of sp³-hybridized carbons (Fsp3) is 0.312. The zero-order valence-electron chi connectivity index (χ0n) is 10.8. The molecule has 0 amide bonds. The number of nitrogens with zero attached hydrogens (tertiary/aromatic N) is 1. The van der Waals surface area contributed by atoms with Crippen LogP contribution in [-0.4, -0.2) is 4.98 Å². The number of hydrogen-bond donors (Lipinski definition) is 0. The molecule has 0 bridgehead atoms. The molecule has 1 aromatic heterocycles. The zero-order chi connectivity index (χ0) is 12.3. The van der Waals surface area contributed by atoms with E-state index in [0.717, 1.165) is 18.5 Å². The highest BCUT2D eigenvalue weighted by Crippen LogP contribution is 2.25. The van der Waals surface area contributed by atoms with Gasteiger partial charge < -0.3 is 0 Å². The average molecular weight is 225 g/mol. The number of hydrogen-bond acceptors (Lipinski definition) is 1. The van der Waals surface area contributed by atoms with Gasteiger partial charge in [0.25, 0.3) is 0 Å². The van der Waals surface area contributed by atoms with E-state index >= 15 is 0 Å². The van der Waals surface area contributed by atoms with E-state index in [4.69, 9.17) is 4.98 Å². The van der Waals surface area contributed by atoms with Crippen LogP contribution < -0.4 is 0 Å². The van der Waals surface area contributed by atoms with Crippen molar-refractivity contribution in [2.75, 3.05) is 0 Å². The lowest BCUT2D eigenvalue weighted by Gasteiger charge is -2.11. The van der Waals surface area contributed by atoms with Crippen LogP contribution in [0, 0.1) is 6.92 Å². The Labute approximate surface area is 104 Å². The Hall–Kier alpha value is -1.63. The van der Waals surface area contributed by atoms with Crippen LogP contribution in [0.2, 0.25) is 0 Å². The van der Waals surface area contributed by atoms with Gasteiger partial charge in [-0.3, -0.25) is 4.98 Å². The summed E-state index contributed by atoms with van der Waals surface area (Å²) in [5.74, 6) is 0. The van der Waals surface area contributed by atoms with Gasteiger partial charge in [-0.2, -0.15) is 0 Å². The first-order chi connectivity index (χ1) is 8.26. The first-order valence-corrected chi connectivity index (χ1v) is 6.31. The van der Waals surface area contributed by atoms with E-state index in [0.29, 0.717) is 0 Å². The third-order valence-electron chi connectivity index (χ3n) is 3.18. The van der Waals surface area contributed by atoms with E-state index in [9.17, 15) is 0 Å². The van der Waals surface area contributed by atoms with Gasteiger partial charge in [-0.15, -0.1) is 0 Å². The van der Waals surface area contributed by atoms with Crippen molar-refractivity contribution < 1.29 is 0 Å². The lowest BCUT2D eigenvalue weighted by Crippen LogP contribution is -1.99. The summed E-state index contributed by atoms with van der Waals surface area (Å²) in [6, 6.07) is 12.8. The van der Waals surface area contributed by atoms with Crippen LogP contribution in [0.15, 0.2) is 36.4 Å². The summed E-state index contributed by atoms with van der Waals surface area (Å²) >= 11 is 0. The van der Waals surface area contributed by atoms with Gasteiger partial charge in [0, 0.05) is 17.0 Å². The Morgan fingerprint density at radius 1 is 1.00 bits per heavy atom. The molecule has 0 aliphatic rings. The van der Waals surface area contributed by atoms with Crippen LogP contribution in [0.3, 0.4) is 0 Å². The summed E-state index contributed by atoms with van der Waals surface area (Å²) in [4.78, 5) is 4.74. The first-order valence-electron chi connectivity index (χ1n) is 6.31. The lowest BCUT2D eigenvalue weighted by molar-refractivity contribution is 0.946. The summed E-state index contributed by atoms with van der Waals surface area (Å²) in [6.07, 6.45) is 2.06. The number of aryl methyl sites for hydroxylation is 3. The van der Waals surface area contributed by atoms with Gasteiger partial charge in [-0.05, 0) is 37.0 Å². The maximum Gasteiger partial charge on any atom is 0.0454 e. The van der Waals surface area contributed by atoms with Crippen LogP contribution in [0.4, 0.5) is 0 Å². The highest BCUT2D eigenvalue weighted by atomic mass is 14.7. The highest BCUT2D eigenvalue weighted by Gasteiger charge is 2.08. The second-order valence-corrected chi connectivity index (χ2v) is 4.30. The number of benzene rings is 1. The Bertz CT molecular complexity index is 500. The fourth-order valence-electron chi connectivity index (χ4n) is 2.22. The smallest absolute Gasteiger partial charge is 0.0454 e. The Balaban J connectivity index is 2.56. The van der Waals surface area contributed by atoms with E-state index in [1.54, 1.807) is 0 Å². The lowest BCUT2D eigenvalue weighted by atomic mass is 9.99. The molecule has 1 aromatic carbocycles. The first kappa shape index (κ1) is 11.8. The Morgan fingerprint density at radius 3 is 2.29 bits per heavy atom. The van der Waals surface area contributed by atoms with Crippen molar-refractivity contribution in [3.8, 4) is 11.1 Å². The molecule has 0 N–H and O–H groups in total. The minimum absolute atomic E-state index is 1.01. The van der Waals surface area contributed by atoms with Gasteiger partial charge in [0.2, 0.25) is 0 Å². The quantitative estimate of drug-likeness (QED) is 0.763. The molecule has 0 aliphatic heterocycles. The SMILES string of the molecule is CCc1cc(-c2ccccc2)c(C)nc1CC. The van der Waals surface area contributed by atoms with Gasteiger partial charge in [0.1, 0.15) is 0 Å². The molecule has 0 atom stereocenters. The van der Waals surface area contributed by atoms with Crippen LogP contribution in [0.5, 0.6) is 0 Å². The Morgan fingerprint density at radius 2 is 1.71 bits per heavy atom. The number of aromatic nitrogens is 1. The summed E-state index contributed by atoms with van der Waals surface area (Å²) < 4.78 is 0. The largest absolute Gasteiger partial charge is 0.257 e. The molecule has 2 aromatic rings. The molecule has 0 saturated carbocycles. The average Bonchev–Trinajstić information content (AvgIpc) is 2.39. The van der Waals surface area contributed by atoms with Crippen LogP contribution in [0.1, 0.15) is 30.8 Å². The van der Waals surface area contributed by atoms with Gasteiger partial charge >= 0.3 is 0 Å². The summed E-state index contributed by atoms with van der Waals surface area (Å²) in [7, 11) is 0. The highest BCUT2D eigenvalue weighted by molar-refractivity contribution is 5.66. The van der Waals surface area contributed by atoms with Crippen LogP contribution in [-0.2, 0) is 12.8 Å². The second kappa shape index (κ2) is 5.13. The number of rotatable bonds is 3. The molecular weight excluding hydrogens is 206 g/mol. The van der Waals surface area contributed by atoms with Crippen molar-refractivity contribution in [1.82, 2.24) is 4.98 Å². The molecule has 17 heavy (non-hydrogen) atoms. The molecule has 2 rings (SSSR count). The molecule has 1 heterocycles. The molecule has 0 saturated heterocycles. The third-order valence-corrected chi connectivity index (χ3v) is 3.18. The number of pyridine rings is 1. The van der Waals surface area contributed by atoms with Gasteiger partial charge in [0.05, 0.1) is 0 Å². The summed E-state index contributed by atoms with van der Waals surface area (Å²) in [5.41, 5.74) is 6.27. The molecule has 0 spiro atoms. The maximum absolute atomic E-state index is 4.74. The monoisotopic (exact) mass is 225 g/mol. The maximum atomic E-state index is 4.74. The van der Waals surface area contributed by atoms with E-state index in [-0.39, 0.29) is 0 Å². The molecule has 0 aliphatic carbocycles. The van der Waals surface area contributed by atoms with Crippen molar-refractivity contribution in [2.24, 2.45) is 0 Å². The molecule has 0 radical (unpaired) electrons. The van der Waals surface area contributed by atoms with Gasteiger partial charge in [0.15, 0.2) is 0 Å². The fourth-order valence-corrected chi connectivity index (χ4v) is 2.22. The molecule has 0 fully saturated rings. The molecule has 1 heteroatoms. The Kier molecular flexibility index (Phi) is 3.58. The second-order valence-electron chi connectivity index (χ2n) is 4.30. The zero-order valence-corrected chi connectivity index (χ0v) is 10.8. The third kappa shape index (κ3) is 2.38. The van der Waals surface area contributed by atoms with Gasteiger partial charge in [-0.1, -0.05) is 44.2 Å². The predicted octanol–water partition coefficient (Wildman–Crippen LogP) is 4.18. The topological polar surface area (TPSA) is 12.9 Å². The van der Waals surface area contributed by atoms with E-state index in [1.807, 2.05) is 6.07 Å². The normalized spacial score (nSPS) is 10.5. The van der Waals surface area contributed by atoms with E-state index in [1.165, 1.54) is 22.4 Å². The van der Waals surface area contributed by atoms with Crippen molar-refractivity contribution in [2.45, 2.75) is 33.6 Å². The standard InChI is InChI=1S/C16H19N/c1-4-13-11-15(12(3)17-16(13)5-2)14-9-7-6-8-10-14/h6-11H,4-5H2,1-3H3. The summed E-state index contributed by atoms with van der Waals surface area (Å²) in [5, 5.41) is 0. The van der Waals surface area contributed by atoms with Crippen molar-refractivity contribution in [1.29, 1.82) is 0 Å². The van der Waals surface area contributed by atoms with Crippen molar-refractivity contribution >= 4 is 0 Å². The van der Waals surface area contributed by atoms with E-state index in [2.05, 4.69) is 51.1 Å². The minimum atomic E-state index is 1.01. The molecule has 88 valence electrons. The molecule has 0 unspecified atom stereocenters. The van der Waals surface area contributed by atoms with Crippen molar-refractivity contribution in [3.63, 3.8) is 0 Å². The minimum Gasteiger partial charge on any atom is -0.257 e. The predicted molar refractivity (Wildman–Crippen MR) is 73.2 cm³/mol. The van der Waals surface area contributed by atoms with E-state index < -0.39 is 0 Å². The van der Waals surface area contributed by atoms with Crippen LogP contribution in [0.25, 0.3) is 11.1 Å². The van der Waals surface area contributed by atoms with Crippen molar-refractivity contribution in [3.05, 3.63) is 53.3 Å². The van der Waals surface area contributed by atoms with Crippen LogP contribution >= 0.6 is 0 Å².